The number of aliphatic hydroxyl groups excluding tert-OH is 1. The number of amides is 1. The third kappa shape index (κ3) is 4.76. The maximum absolute atomic E-state index is 15.1. The SMILES string of the molecule is CC(C)C1=C2[C@H]3CC[C@@H]4[C@@]5(C)CC[C@H](O)C(C)(C)[C@@H]5CC[C@@]4(C)[C@]3(C)CC[C@@]2(C(=O)N2CCC[C@H]2CN2CCC(F)(F)CC2)CC1=O. The van der Waals surface area contributed by atoms with Crippen molar-refractivity contribution in [3.05, 3.63) is 11.1 Å². The Morgan fingerprint density at radius 2 is 1.55 bits per heavy atom. The van der Waals surface area contributed by atoms with Crippen molar-refractivity contribution in [2.24, 2.45) is 50.7 Å². The number of likely N-dealkylation sites (tertiary alicyclic amines) is 2. The van der Waals surface area contributed by atoms with Crippen molar-refractivity contribution in [2.75, 3.05) is 26.2 Å². The van der Waals surface area contributed by atoms with Gasteiger partial charge < -0.3 is 14.9 Å². The molecular weight excluding hydrogens is 594 g/mol. The van der Waals surface area contributed by atoms with Gasteiger partial charge in [0.05, 0.1) is 11.5 Å². The lowest BCUT2D eigenvalue weighted by Gasteiger charge is -2.72. The molecule has 1 N–H and O–H groups in total. The zero-order valence-corrected chi connectivity index (χ0v) is 30.4. The third-order valence-electron chi connectivity index (χ3n) is 16.5. The van der Waals surface area contributed by atoms with E-state index in [1.165, 1.54) is 5.57 Å². The van der Waals surface area contributed by atoms with Crippen molar-refractivity contribution in [2.45, 2.75) is 150 Å². The number of fused-ring (bicyclic) bond motifs is 7. The van der Waals surface area contributed by atoms with Gasteiger partial charge in [0, 0.05) is 51.5 Å². The molecule has 4 saturated carbocycles. The summed E-state index contributed by atoms with van der Waals surface area (Å²) in [4.78, 5) is 33.5. The van der Waals surface area contributed by atoms with Crippen LogP contribution in [0, 0.1) is 50.7 Å². The number of rotatable bonds is 4. The van der Waals surface area contributed by atoms with E-state index in [4.69, 9.17) is 0 Å². The smallest absolute Gasteiger partial charge is 0.250 e. The normalized spacial score (nSPS) is 46.2. The first-order valence-corrected chi connectivity index (χ1v) is 19.3. The van der Waals surface area contributed by atoms with E-state index in [0.29, 0.717) is 44.4 Å². The number of carbonyl (C=O) groups excluding carboxylic acids is 2. The summed E-state index contributed by atoms with van der Waals surface area (Å²) in [6, 6.07) is 0.0323. The largest absolute Gasteiger partial charge is 0.393 e. The minimum absolute atomic E-state index is 0.00256. The summed E-state index contributed by atoms with van der Waals surface area (Å²) in [6.07, 6.45) is 9.78. The molecule has 0 spiro atoms. The van der Waals surface area contributed by atoms with Gasteiger partial charge in [-0.15, -0.1) is 0 Å². The first kappa shape index (κ1) is 34.1. The number of carbonyl (C=O) groups is 2. The monoisotopic (exact) mass is 656 g/mol. The highest BCUT2D eigenvalue weighted by Crippen LogP contribution is 2.76. The van der Waals surface area contributed by atoms with Gasteiger partial charge in [0.2, 0.25) is 5.91 Å². The van der Waals surface area contributed by atoms with Crippen LogP contribution in [0.3, 0.4) is 0 Å². The van der Waals surface area contributed by atoms with Crippen LogP contribution >= 0.6 is 0 Å². The summed E-state index contributed by atoms with van der Waals surface area (Å²) < 4.78 is 27.9. The van der Waals surface area contributed by atoms with Crippen molar-refractivity contribution in [1.29, 1.82) is 0 Å². The van der Waals surface area contributed by atoms with Crippen LogP contribution in [0.4, 0.5) is 8.78 Å². The first-order valence-electron chi connectivity index (χ1n) is 19.3. The standard InChI is InChI=1S/C40H62F2N2O3/c1-25(2)32-28(45)23-39(34(47)44-20-8-9-26(44)24-43-21-18-40(41,42)19-22-43)17-16-37(6)27(33(32)39)10-11-30-36(5)14-13-31(46)35(3,4)29(36)12-15-38(30,37)7/h25-27,29-31,46H,8-24H2,1-7H3/t26-,27+,29-,30+,31-,36-,37+,38+,39+/m0/s1. The molecule has 0 aromatic rings. The van der Waals surface area contributed by atoms with Gasteiger partial charge in [-0.2, -0.15) is 0 Å². The second-order valence-electron chi connectivity index (χ2n) is 19.1. The lowest BCUT2D eigenvalue weighted by atomic mass is 9.33. The first-order chi connectivity index (χ1) is 21.9. The fraction of sp³-hybridized carbons (Fsp3) is 0.900. The Morgan fingerprint density at radius 3 is 2.23 bits per heavy atom. The van der Waals surface area contributed by atoms with Crippen molar-refractivity contribution >= 4 is 11.7 Å². The van der Waals surface area contributed by atoms with E-state index in [0.717, 1.165) is 69.8 Å². The van der Waals surface area contributed by atoms with Crippen LogP contribution in [0.25, 0.3) is 0 Å². The molecule has 2 aliphatic heterocycles. The number of nitrogens with zero attached hydrogens (tertiary/aromatic N) is 2. The van der Waals surface area contributed by atoms with E-state index in [1.54, 1.807) is 0 Å². The molecule has 7 rings (SSSR count). The molecule has 9 atom stereocenters. The summed E-state index contributed by atoms with van der Waals surface area (Å²) in [7, 11) is 0. The second kappa shape index (κ2) is 11.1. The predicted octanol–water partition coefficient (Wildman–Crippen LogP) is 8.05. The molecule has 7 aliphatic rings. The lowest BCUT2D eigenvalue weighted by Crippen LogP contribution is -2.66. The van der Waals surface area contributed by atoms with Gasteiger partial charge in [-0.3, -0.25) is 9.59 Å². The summed E-state index contributed by atoms with van der Waals surface area (Å²) in [5.74, 6) is -0.867. The molecule has 0 unspecified atom stereocenters. The molecule has 1 amide bonds. The fourth-order valence-corrected chi connectivity index (χ4v) is 13.8. The zero-order chi connectivity index (χ0) is 33.9. The molecule has 2 heterocycles. The Kier molecular flexibility index (Phi) is 8.04. The molecule has 0 aromatic carbocycles. The maximum atomic E-state index is 15.1. The average Bonchev–Trinajstić information content (AvgIpc) is 3.58. The van der Waals surface area contributed by atoms with Crippen molar-refractivity contribution in [3.63, 3.8) is 0 Å². The van der Waals surface area contributed by atoms with Crippen LogP contribution in [0.2, 0.25) is 0 Å². The molecule has 6 fully saturated rings. The van der Waals surface area contributed by atoms with E-state index in [1.807, 2.05) is 0 Å². The van der Waals surface area contributed by atoms with E-state index in [9.17, 15) is 18.7 Å². The highest BCUT2D eigenvalue weighted by molar-refractivity contribution is 6.07. The van der Waals surface area contributed by atoms with Gasteiger partial charge in [0.25, 0.3) is 5.92 Å². The van der Waals surface area contributed by atoms with E-state index < -0.39 is 11.3 Å². The summed E-state index contributed by atoms with van der Waals surface area (Å²) in [6.45, 7) is 18.7. The quantitative estimate of drug-likeness (QED) is 0.333. The maximum Gasteiger partial charge on any atom is 0.250 e. The molecule has 7 heteroatoms. The van der Waals surface area contributed by atoms with Crippen LogP contribution in [-0.2, 0) is 9.59 Å². The second-order valence-corrected chi connectivity index (χ2v) is 19.1. The van der Waals surface area contributed by atoms with Gasteiger partial charge >= 0.3 is 0 Å². The number of alkyl halides is 2. The number of allylic oxidation sites excluding steroid dienone is 1. The number of ketones is 1. The number of hydrogen-bond acceptors (Lipinski definition) is 4. The van der Waals surface area contributed by atoms with Crippen LogP contribution < -0.4 is 0 Å². The van der Waals surface area contributed by atoms with Gasteiger partial charge in [0.15, 0.2) is 5.78 Å². The van der Waals surface area contributed by atoms with Crippen molar-refractivity contribution < 1.29 is 23.5 Å². The Hall–Kier alpha value is -1.34. The van der Waals surface area contributed by atoms with Crippen molar-refractivity contribution in [1.82, 2.24) is 9.80 Å². The number of piperidine rings is 1. The minimum Gasteiger partial charge on any atom is -0.393 e. The average molecular weight is 657 g/mol. The number of aliphatic hydroxyl groups is 1. The lowest BCUT2D eigenvalue weighted by molar-refractivity contribution is -0.228. The zero-order valence-electron chi connectivity index (χ0n) is 30.4. The van der Waals surface area contributed by atoms with Gasteiger partial charge in [0.1, 0.15) is 0 Å². The highest BCUT2D eigenvalue weighted by atomic mass is 19.3. The molecule has 0 radical (unpaired) electrons. The van der Waals surface area contributed by atoms with Crippen molar-refractivity contribution in [3.8, 4) is 0 Å². The van der Waals surface area contributed by atoms with E-state index in [-0.39, 0.29) is 70.2 Å². The Bertz CT molecular complexity index is 1330. The summed E-state index contributed by atoms with van der Waals surface area (Å²) >= 11 is 0. The topological polar surface area (TPSA) is 60.9 Å². The van der Waals surface area contributed by atoms with E-state index in [2.05, 4.69) is 58.3 Å². The number of halogens is 2. The summed E-state index contributed by atoms with van der Waals surface area (Å²) in [5.41, 5.74) is 1.60. The Labute approximate surface area is 282 Å². The third-order valence-corrected chi connectivity index (χ3v) is 16.5. The van der Waals surface area contributed by atoms with E-state index >= 15 is 4.79 Å². The molecule has 0 aromatic heterocycles. The van der Waals surface area contributed by atoms with Gasteiger partial charge in [-0.05, 0) is 121 Å². The Balaban J connectivity index is 1.22. The molecule has 47 heavy (non-hydrogen) atoms. The Morgan fingerprint density at radius 1 is 0.851 bits per heavy atom. The van der Waals surface area contributed by atoms with Crippen LogP contribution in [0.5, 0.6) is 0 Å². The molecule has 5 aliphatic carbocycles. The molecule has 2 saturated heterocycles. The van der Waals surface area contributed by atoms with Crippen LogP contribution in [0.1, 0.15) is 132 Å². The fourth-order valence-electron chi connectivity index (χ4n) is 13.8. The predicted molar refractivity (Wildman–Crippen MR) is 181 cm³/mol. The highest BCUT2D eigenvalue weighted by Gasteiger charge is 2.71. The number of Topliss-reactive ketones (excluding diaryl/α,β-unsaturated/α-hetero) is 1. The number of hydrogen-bond donors (Lipinski definition) is 1. The molecule has 0 bridgehead atoms. The molecule has 264 valence electrons. The molecular formula is C40H62F2N2O3. The van der Waals surface area contributed by atoms with Gasteiger partial charge in [-0.1, -0.05) is 48.5 Å². The van der Waals surface area contributed by atoms with Crippen LogP contribution in [-0.4, -0.2) is 70.8 Å². The minimum atomic E-state index is -2.58. The summed E-state index contributed by atoms with van der Waals surface area (Å²) in [5, 5.41) is 11.1. The van der Waals surface area contributed by atoms with Crippen LogP contribution in [0.15, 0.2) is 11.1 Å². The van der Waals surface area contributed by atoms with Gasteiger partial charge in [-0.25, -0.2) is 8.78 Å². The molecule has 5 nitrogen and oxygen atoms in total.